The van der Waals surface area contributed by atoms with Crippen LogP contribution in [0.15, 0.2) is 27.9 Å². The van der Waals surface area contributed by atoms with Crippen LogP contribution in [0.3, 0.4) is 0 Å². The number of carbonyl (C=O) groups is 1. The maximum absolute atomic E-state index is 13.0. The minimum atomic E-state index is 0.0167. The van der Waals surface area contributed by atoms with E-state index in [1.807, 2.05) is 24.8 Å². The van der Waals surface area contributed by atoms with Crippen LogP contribution in [0, 0.1) is 13.8 Å². The van der Waals surface area contributed by atoms with Gasteiger partial charge in [-0.3, -0.25) is 9.69 Å². The topological polar surface area (TPSA) is 82.7 Å². The van der Waals surface area contributed by atoms with Crippen molar-refractivity contribution in [2.75, 3.05) is 39.3 Å². The first-order valence-corrected chi connectivity index (χ1v) is 9.70. The van der Waals surface area contributed by atoms with E-state index in [9.17, 15) is 4.79 Å². The van der Waals surface area contributed by atoms with E-state index >= 15 is 0 Å². The van der Waals surface area contributed by atoms with Crippen LogP contribution < -0.4 is 0 Å². The van der Waals surface area contributed by atoms with Crippen molar-refractivity contribution in [1.29, 1.82) is 0 Å². The molecular weight excluding hydrogens is 352 g/mol. The predicted octanol–water partition coefficient (Wildman–Crippen LogP) is 1.73. The molecular formula is C18H24N4O3S. The molecule has 2 aromatic rings. The minimum absolute atomic E-state index is 0.0167. The number of β-amino-alcohol motifs (C(OH)–C–C–N with tert-alkyl or cyclic N) is 1. The number of rotatable bonds is 6. The summed E-state index contributed by atoms with van der Waals surface area (Å²) < 4.78 is 5.21. The van der Waals surface area contributed by atoms with Gasteiger partial charge in [0.1, 0.15) is 10.8 Å². The highest BCUT2D eigenvalue weighted by Gasteiger charge is 2.24. The van der Waals surface area contributed by atoms with Crippen molar-refractivity contribution in [2.24, 2.45) is 0 Å². The summed E-state index contributed by atoms with van der Waals surface area (Å²) in [4.78, 5) is 21.4. The summed E-state index contributed by atoms with van der Waals surface area (Å²) in [6, 6.07) is 3.64. The summed E-state index contributed by atoms with van der Waals surface area (Å²) in [6.07, 6.45) is 1.71. The lowest BCUT2D eigenvalue weighted by molar-refractivity contribution is 0.0611. The third-order valence-corrected chi connectivity index (χ3v) is 5.64. The molecule has 0 saturated carbocycles. The van der Waals surface area contributed by atoms with Crippen molar-refractivity contribution in [3.8, 4) is 0 Å². The van der Waals surface area contributed by atoms with E-state index in [4.69, 9.17) is 9.63 Å². The SMILES string of the molecule is Cc1noc(C)c1CSc1ncccc1C(=O)N1CCN(CCO)CC1. The van der Waals surface area contributed by atoms with Crippen molar-refractivity contribution in [1.82, 2.24) is 19.9 Å². The summed E-state index contributed by atoms with van der Waals surface area (Å²) in [6.45, 7) is 7.53. The summed E-state index contributed by atoms with van der Waals surface area (Å²) >= 11 is 1.53. The van der Waals surface area contributed by atoms with Crippen LogP contribution in [-0.2, 0) is 5.75 Å². The minimum Gasteiger partial charge on any atom is -0.395 e. The molecule has 0 spiro atoms. The Morgan fingerprint density at radius 3 is 2.73 bits per heavy atom. The average Bonchev–Trinajstić information content (AvgIpc) is 2.98. The number of nitrogens with zero attached hydrogens (tertiary/aromatic N) is 4. The normalized spacial score (nSPS) is 15.4. The maximum Gasteiger partial charge on any atom is 0.256 e. The van der Waals surface area contributed by atoms with Gasteiger partial charge in [-0.1, -0.05) is 5.16 Å². The van der Waals surface area contributed by atoms with Gasteiger partial charge in [-0.25, -0.2) is 4.98 Å². The van der Waals surface area contributed by atoms with Gasteiger partial charge in [0.05, 0.1) is 17.9 Å². The number of hydrogen-bond donors (Lipinski definition) is 1. The smallest absolute Gasteiger partial charge is 0.256 e. The Bertz CT molecular complexity index is 737. The number of aromatic nitrogens is 2. The van der Waals surface area contributed by atoms with Gasteiger partial charge in [0.25, 0.3) is 5.91 Å². The molecule has 26 heavy (non-hydrogen) atoms. The number of aryl methyl sites for hydroxylation is 2. The molecule has 0 aliphatic carbocycles. The number of amides is 1. The number of hydrogen-bond acceptors (Lipinski definition) is 7. The van der Waals surface area contributed by atoms with Gasteiger partial charge in [0.2, 0.25) is 0 Å². The Balaban J connectivity index is 1.68. The first-order valence-electron chi connectivity index (χ1n) is 8.72. The lowest BCUT2D eigenvalue weighted by Gasteiger charge is -2.34. The Morgan fingerprint density at radius 1 is 1.31 bits per heavy atom. The van der Waals surface area contributed by atoms with E-state index in [1.165, 1.54) is 11.8 Å². The van der Waals surface area contributed by atoms with Crippen LogP contribution in [0.5, 0.6) is 0 Å². The van der Waals surface area contributed by atoms with Crippen LogP contribution in [0.25, 0.3) is 0 Å². The first-order chi connectivity index (χ1) is 12.6. The second-order valence-corrected chi connectivity index (χ2v) is 7.27. The van der Waals surface area contributed by atoms with Gasteiger partial charge >= 0.3 is 0 Å². The van der Waals surface area contributed by atoms with Crippen molar-refractivity contribution < 1.29 is 14.4 Å². The fraction of sp³-hybridized carbons (Fsp3) is 0.500. The van der Waals surface area contributed by atoms with Crippen molar-refractivity contribution >= 4 is 17.7 Å². The van der Waals surface area contributed by atoms with Crippen molar-refractivity contribution in [3.05, 3.63) is 40.9 Å². The summed E-state index contributed by atoms with van der Waals surface area (Å²) in [5.41, 5.74) is 2.57. The van der Waals surface area contributed by atoms with E-state index in [1.54, 1.807) is 12.3 Å². The second kappa shape index (κ2) is 8.66. The van der Waals surface area contributed by atoms with Gasteiger partial charge in [0.15, 0.2) is 0 Å². The number of aliphatic hydroxyl groups is 1. The molecule has 0 atom stereocenters. The van der Waals surface area contributed by atoms with E-state index in [0.717, 1.165) is 35.1 Å². The molecule has 2 aromatic heterocycles. The van der Waals surface area contributed by atoms with Gasteiger partial charge < -0.3 is 14.5 Å². The quantitative estimate of drug-likeness (QED) is 0.769. The number of carbonyl (C=O) groups excluding carboxylic acids is 1. The fourth-order valence-electron chi connectivity index (χ4n) is 3.00. The van der Waals surface area contributed by atoms with E-state index in [0.29, 0.717) is 31.0 Å². The molecule has 3 heterocycles. The van der Waals surface area contributed by atoms with E-state index in [2.05, 4.69) is 15.0 Å². The molecule has 1 aliphatic heterocycles. The molecule has 0 aromatic carbocycles. The fourth-order valence-corrected chi connectivity index (χ4v) is 4.14. The lowest BCUT2D eigenvalue weighted by atomic mass is 10.2. The molecule has 1 aliphatic rings. The standard InChI is InChI=1S/C18H24N4O3S/c1-13-16(14(2)25-20-13)12-26-17-15(4-3-5-19-17)18(24)22-8-6-21(7-9-22)10-11-23/h3-5,23H,6-12H2,1-2H3. The molecule has 1 fully saturated rings. The monoisotopic (exact) mass is 376 g/mol. The highest BCUT2D eigenvalue weighted by atomic mass is 32.2. The van der Waals surface area contributed by atoms with Gasteiger partial charge in [-0.2, -0.15) is 0 Å². The number of thioether (sulfide) groups is 1. The maximum atomic E-state index is 13.0. The molecule has 0 unspecified atom stereocenters. The molecule has 140 valence electrons. The zero-order chi connectivity index (χ0) is 18.5. The highest BCUT2D eigenvalue weighted by molar-refractivity contribution is 7.98. The molecule has 0 radical (unpaired) electrons. The van der Waals surface area contributed by atoms with Crippen LogP contribution in [-0.4, -0.2) is 70.3 Å². The van der Waals surface area contributed by atoms with Crippen molar-refractivity contribution in [2.45, 2.75) is 24.6 Å². The Kier molecular flexibility index (Phi) is 6.29. The van der Waals surface area contributed by atoms with Crippen LogP contribution >= 0.6 is 11.8 Å². The number of aliphatic hydroxyl groups excluding tert-OH is 1. The average molecular weight is 376 g/mol. The third kappa shape index (κ3) is 4.25. The second-order valence-electron chi connectivity index (χ2n) is 6.30. The molecule has 7 nitrogen and oxygen atoms in total. The van der Waals surface area contributed by atoms with Crippen LogP contribution in [0.1, 0.15) is 27.4 Å². The van der Waals surface area contributed by atoms with Crippen molar-refractivity contribution in [3.63, 3.8) is 0 Å². The molecule has 1 N–H and O–H groups in total. The number of pyridine rings is 1. The van der Waals surface area contributed by atoms with Crippen LogP contribution in [0.4, 0.5) is 0 Å². The largest absolute Gasteiger partial charge is 0.395 e. The van der Waals surface area contributed by atoms with E-state index < -0.39 is 0 Å². The van der Waals surface area contributed by atoms with Gasteiger partial charge in [-0.15, -0.1) is 11.8 Å². The zero-order valence-corrected chi connectivity index (χ0v) is 16.0. The molecule has 1 saturated heterocycles. The van der Waals surface area contributed by atoms with Gasteiger partial charge in [0, 0.05) is 50.2 Å². The molecule has 0 bridgehead atoms. The molecule has 3 rings (SSSR count). The van der Waals surface area contributed by atoms with E-state index in [-0.39, 0.29) is 12.5 Å². The molecule has 1 amide bonds. The summed E-state index contributed by atoms with van der Waals surface area (Å²) in [5, 5.41) is 13.7. The number of piperazine rings is 1. The van der Waals surface area contributed by atoms with Crippen LogP contribution in [0.2, 0.25) is 0 Å². The molecule has 8 heteroatoms. The Morgan fingerprint density at radius 2 is 2.08 bits per heavy atom. The zero-order valence-electron chi connectivity index (χ0n) is 15.1. The summed E-state index contributed by atoms with van der Waals surface area (Å²) in [7, 11) is 0. The predicted molar refractivity (Wildman–Crippen MR) is 99.2 cm³/mol. The van der Waals surface area contributed by atoms with Gasteiger partial charge in [-0.05, 0) is 26.0 Å². The highest BCUT2D eigenvalue weighted by Crippen LogP contribution is 2.28. The lowest BCUT2D eigenvalue weighted by Crippen LogP contribution is -2.49. The summed E-state index contributed by atoms with van der Waals surface area (Å²) in [5.74, 6) is 1.49. The first kappa shape index (κ1) is 18.9. The Hall–Kier alpha value is -1.90. The Labute approximate surface area is 157 Å². The third-order valence-electron chi connectivity index (χ3n) is 4.61.